The van der Waals surface area contributed by atoms with E-state index in [1.54, 1.807) is 18.3 Å². The van der Waals surface area contributed by atoms with E-state index < -0.39 is 0 Å². The molecule has 0 bridgehead atoms. The molecule has 0 atom stereocenters. The SMILES string of the molecule is O=Cc1cccnc1C(=O)C1CCCCC1. The largest absolute Gasteiger partial charge is 0.298 e. The van der Waals surface area contributed by atoms with E-state index in [1.807, 2.05) is 0 Å². The molecule has 1 aliphatic rings. The molecule has 0 saturated heterocycles. The zero-order valence-electron chi connectivity index (χ0n) is 9.19. The summed E-state index contributed by atoms with van der Waals surface area (Å²) in [4.78, 5) is 27.0. The van der Waals surface area contributed by atoms with Gasteiger partial charge in [-0.25, -0.2) is 0 Å². The molecule has 0 aliphatic heterocycles. The van der Waals surface area contributed by atoms with E-state index in [1.165, 1.54) is 6.42 Å². The number of aldehydes is 1. The molecule has 3 heteroatoms. The molecule has 1 fully saturated rings. The second kappa shape index (κ2) is 5.01. The fourth-order valence-corrected chi connectivity index (χ4v) is 2.28. The summed E-state index contributed by atoms with van der Waals surface area (Å²) in [5, 5.41) is 0. The number of pyridine rings is 1. The number of carbonyl (C=O) groups is 2. The number of rotatable bonds is 3. The van der Waals surface area contributed by atoms with E-state index in [4.69, 9.17) is 0 Å². The van der Waals surface area contributed by atoms with Crippen molar-refractivity contribution >= 4 is 12.1 Å². The van der Waals surface area contributed by atoms with Crippen LogP contribution in [0.25, 0.3) is 0 Å². The van der Waals surface area contributed by atoms with Crippen molar-refractivity contribution in [2.75, 3.05) is 0 Å². The molecule has 0 N–H and O–H groups in total. The summed E-state index contributed by atoms with van der Waals surface area (Å²) in [5.41, 5.74) is 0.766. The molecule has 84 valence electrons. The van der Waals surface area contributed by atoms with Gasteiger partial charge in [-0.05, 0) is 25.0 Å². The predicted molar refractivity (Wildman–Crippen MR) is 60.5 cm³/mol. The Morgan fingerprint density at radius 3 is 2.75 bits per heavy atom. The smallest absolute Gasteiger partial charge is 0.184 e. The lowest BCUT2D eigenvalue weighted by Crippen LogP contribution is -2.20. The van der Waals surface area contributed by atoms with Crippen LogP contribution in [0.4, 0.5) is 0 Å². The average Bonchev–Trinajstić information content (AvgIpc) is 2.39. The average molecular weight is 217 g/mol. The third kappa shape index (κ3) is 2.18. The van der Waals surface area contributed by atoms with Gasteiger partial charge in [-0.2, -0.15) is 0 Å². The Morgan fingerprint density at radius 1 is 1.31 bits per heavy atom. The Bertz CT molecular complexity index is 395. The van der Waals surface area contributed by atoms with Gasteiger partial charge >= 0.3 is 0 Å². The van der Waals surface area contributed by atoms with Gasteiger partial charge in [-0.15, -0.1) is 0 Å². The van der Waals surface area contributed by atoms with Crippen LogP contribution in [0.5, 0.6) is 0 Å². The maximum absolute atomic E-state index is 12.2. The number of Topliss-reactive ketones (excluding diaryl/α,β-unsaturated/α-hetero) is 1. The van der Waals surface area contributed by atoms with Crippen molar-refractivity contribution in [1.82, 2.24) is 4.98 Å². The molecule has 0 aromatic carbocycles. The summed E-state index contributed by atoms with van der Waals surface area (Å²) in [6, 6.07) is 3.33. The first-order valence-electron chi connectivity index (χ1n) is 5.77. The van der Waals surface area contributed by atoms with Crippen molar-refractivity contribution in [3.63, 3.8) is 0 Å². The highest BCUT2D eigenvalue weighted by Gasteiger charge is 2.24. The second-order valence-electron chi connectivity index (χ2n) is 4.26. The Kier molecular flexibility index (Phi) is 3.44. The van der Waals surface area contributed by atoms with E-state index in [2.05, 4.69) is 4.98 Å². The molecular weight excluding hydrogens is 202 g/mol. The Morgan fingerprint density at radius 2 is 2.06 bits per heavy atom. The number of hydrogen-bond donors (Lipinski definition) is 0. The monoisotopic (exact) mass is 217 g/mol. The van der Waals surface area contributed by atoms with Gasteiger partial charge in [-0.1, -0.05) is 19.3 Å². The fourth-order valence-electron chi connectivity index (χ4n) is 2.28. The van der Waals surface area contributed by atoms with E-state index in [-0.39, 0.29) is 11.7 Å². The standard InChI is InChI=1S/C13H15NO2/c15-9-11-7-4-8-14-12(11)13(16)10-5-2-1-3-6-10/h4,7-10H,1-3,5-6H2. The van der Waals surface area contributed by atoms with E-state index >= 15 is 0 Å². The highest BCUT2D eigenvalue weighted by atomic mass is 16.1. The summed E-state index contributed by atoms with van der Waals surface area (Å²) in [6.07, 6.45) is 7.60. The zero-order valence-corrected chi connectivity index (χ0v) is 9.19. The van der Waals surface area contributed by atoms with Crippen molar-refractivity contribution in [3.05, 3.63) is 29.6 Å². The molecule has 0 amide bonds. The first kappa shape index (κ1) is 11.0. The van der Waals surface area contributed by atoms with Crippen LogP contribution >= 0.6 is 0 Å². The van der Waals surface area contributed by atoms with Gasteiger partial charge in [0.25, 0.3) is 0 Å². The number of aromatic nitrogens is 1. The molecule has 1 saturated carbocycles. The van der Waals surface area contributed by atoms with Crippen molar-refractivity contribution in [1.29, 1.82) is 0 Å². The molecule has 0 unspecified atom stereocenters. The lowest BCUT2D eigenvalue weighted by atomic mass is 9.84. The topological polar surface area (TPSA) is 47.0 Å². The zero-order chi connectivity index (χ0) is 11.4. The van der Waals surface area contributed by atoms with Crippen LogP contribution in [0.1, 0.15) is 53.0 Å². The maximum atomic E-state index is 12.2. The van der Waals surface area contributed by atoms with Crippen LogP contribution < -0.4 is 0 Å². The summed E-state index contributed by atoms with van der Waals surface area (Å²) < 4.78 is 0. The van der Waals surface area contributed by atoms with Gasteiger partial charge in [0.05, 0.1) is 0 Å². The van der Waals surface area contributed by atoms with Crippen LogP contribution in [0.3, 0.4) is 0 Å². The molecular formula is C13H15NO2. The van der Waals surface area contributed by atoms with Crippen molar-refractivity contribution in [2.24, 2.45) is 5.92 Å². The first-order valence-corrected chi connectivity index (χ1v) is 5.77. The molecule has 1 aliphatic carbocycles. The summed E-state index contributed by atoms with van der Waals surface area (Å²) in [5.74, 6) is 0.116. The highest BCUT2D eigenvalue weighted by molar-refractivity contribution is 6.02. The van der Waals surface area contributed by atoms with E-state index in [0.29, 0.717) is 17.5 Å². The normalized spacial score (nSPS) is 17.0. The minimum atomic E-state index is 0.0439. The Labute approximate surface area is 94.9 Å². The Hall–Kier alpha value is -1.51. The van der Waals surface area contributed by atoms with Crippen LogP contribution in [-0.4, -0.2) is 17.1 Å². The van der Waals surface area contributed by atoms with Gasteiger partial charge in [0, 0.05) is 17.7 Å². The van der Waals surface area contributed by atoms with Crippen molar-refractivity contribution in [3.8, 4) is 0 Å². The van der Waals surface area contributed by atoms with Gasteiger partial charge < -0.3 is 0 Å². The van der Waals surface area contributed by atoms with Crippen LogP contribution in [-0.2, 0) is 0 Å². The maximum Gasteiger partial charge on any atom is 0.184 e. The van der Waals surface area contributed by atoms with Crippen LogP contribution in [0.15, 0.2) is 18.3 Å². The molecule has 16 heavy (non-hydrogen) atoms. The number of ketones is 1. The quantitative estimate of drug-likeness (QED) is 0.577. The molecule has 1 heterocycles. The second-order valence-corrected chi connectivity index (χ2v) is 4.26. The van der Waals surface area contributed by atoms with Gasteiger partial charge in [0.2, 0.25) is 0 Å². The van der Waals surface area contributed by atoms with Gasteiger partial charge in [0.1, 0.15) is 5.69 Å². The van der Waals surface area contributed by atoms with Crippen LogP contribution in [0.2, 0.25) is 0 Å². The van der Waals surface area contributed by atoms with Crippen molar-refractivity contribution < 1.29 is 9.59 Å². The fraction of sp³-hybridized carbons (Fsp3) is 0.462. The molecule has 2 rings (SSSR count). The minimum Gasteiger partial charge on any atom is -0.298 e. The lowest BCUT2D eigenvalue weighted by molar-refractivity contribution is 0.0880. The van der Waals surface area contributed by atoms with Crippen LogP contribution in [0, 0.1) is 5.92 Å². The molecule has 1 aromatic heterocycles. The van der Waals surface area contributed by atoms with Crippen molar-refractivity contribution in [2.45, 2.75) is 32.1 Å². The number of carbonyl (C=O) groups excluding carboxylic acids is 2. The van der Waals surface area contributed by atoms with E-state index in [9.17, 15) is 9.59 Å². The van der Waals surface area contributed by atoms with E-state index in [0.717, 1.165) is 25.7 Å². The summed E-state index contributed by atoms with van der Waals surface area (Å²) in [6.45, 7) is 0. The third-order valence-corrected chi connectivity index (χ3v) is 3.18. The Balaban J connectivity index is 2.22. The summed E-state index contributed by atoms with van der Waals surface area (Å²) in [7, 11) is 0. The minimum absolute atomic E-state index is 0.0439. The first-order chi connectivity index (χ1) is 7.83. The highest BCUT2D eigenvalue weighted by Crippen LogP contribution is 2.26. The number of hydrogen-bond acceptors (Lipinski definition) is 3. The molecule has 0 radical (unpaired) electrons. The van der Waals surface area contributed by atoms with Gasteiger partial charge in [-0.3, -0.25) is 14.6 Å². The predicted octanol–water partition coefficient (Wildman–Crippen LogP) is 2.66. The number of nitrogens with zero attached hydrogens (tertiary/aromatic N) is 1. The third-order valence-electron chi connectivity index (χ3n) is 3.18. The molecule has 3 nitrogen and oxygen atoms in total. The summed E-state index contributed by atoms with van der Waals surface area (Å²) >= 11 is 0. The lowest BCUT2D eigenvalue weighted by Gasteiger charge is -2.20. The molecule has 0 spiro atoms. The molecule has 1 aromatic rings. The van der Waals surface area contributed by atoms with Gasteiger partial charge in [0.15, 0.2) is 12.1 Å².